The highest BCUT2D eigenvalue weighted by Crippen LogP contribution is 2.38. The van der Waals surface area contributed by atoms with E-state index in [1.807, 2.05) is 21.1 Å². The van der Waals surface area contributed by atoms with Gasteiger partial charge in [0.25, 0.3) is 7.82 Å². The van der Waals surface area contributed by atoms with Gasteiger partial charge in [0, 0.05) is 13.0 Å². The van der Waals surface area contributed by atoms with Crippen molar-refractivity contribution >= 4 is 13.8 Å². The highest BCUT2D eigenvalue weighted by molar-refractivity contribution is 7.45. The molecule has 0 aliphatic carbocycles. The second-order valence-electron chi connectivity index (χ2n) is 21.7. The molecular weight excluding hydrogens is 878 g/mol. The smallest absolute Gasteiger partial charge is 0.306 e. The van der Waals surface area contributed by atoms with Gasteiger partial charge in [0.15, 0.2) is 0 Å². The van der Waals surface area contributed by atoms with E-state index in [9.17, 15) is 14.3 Å². The lowest BCUT2D eigenvalue weighted by Crippen LogP contribution is -2.37. The van der Waals surface area contributed by atoms with Crippen molar-refractivity contribution < 1.29 is 37.3 Å². The molecule has 0 amide bonds. The number of phosphoric ester groups is 1. The van der Waals surface area contributed by atoms with Crippen molar-refractivity contribution in [2.45, 2.75) is 302 Å². The van der Waals surface area contributed by atoms with Crippen LogP contribution >= 0.6 is 7.82 Å². The van der Waals surface area contributed by atoms with E-state index in [0.29, 0.717) is 24.1 Å². The van der Waals surface area contributed by atoms with Crippen molar-refractivity contribution in [2.75, 3.05) is 54.1 Å². The highest BCUT2D eigenvalue weighted by Gasteiger charge is 2.20. The first-order chi connectivity index (χ1) is 33.6. The van der Waals surface area contributed by atoms with Crippen LogP contribution in [0.25, 0.3) is 0 Å². The van der Waals surface area contributed by atoms with Crippen molar-refractivity contribution in [3.05, 3.63) is 24.3 Å². The zero-order chi connectivity index (χ0) is 50.5. The summed E-state index contributed by atoms with van der Waals surface area (Å²) in [4.78, 5) is 25.3. The van der Waals surface area contributed by atoms with Gasteiger partial charge < -0.3 is 27.9 Å². The molecule has 0 rings (SSSR count). The summed E-state index contributed by atoms with van der Waals surface area (Å²) >= 11 is 0. The van der Waals surface area contributed by atoms with Gasteiger partial charge in [-0.3, -0.25) is 9.36 Å². The van der Waals surface area contributed by atoms with Gasteiger partial charge in [-0.2, -0.15) is 0 Å². The van der Waals surface area contributed by atoms with E-state index in [0.717, 1.165) is 32.1 Å². The summed E-state index contributed by atoms with van der Waals surface area (Å²) in [5, 5.41) is 0. The molecule has 410 valence electrons. The fraction of sp³-hybridized carbons (Fsp3) is 0.917. The minimum atomic E-state index is -4.53. The average molecular weight is 997 g/mol. The minimum Gasteiger partial charge on any atom is -0.756 e. The molecule has 0 saturated heterocycles. The van der Waals surface area contributed by atoms with Crippen LogP contribution in [0.3, 0.4) is 0 Å². The first-order valence-electron chi connectivity index (χ1n) is 30.1. The topological polar surface area (TPSA) is 94.1 Å². The van der Waals surface area contributed by atoms with Crippen LogP contribution in [0.2, 0.25) is 0 Å². The fourth-order valence-corrected chi connectivity index (χ4v) is 9.56. The standard InChI is InChI=1S/C60H118NO7P/c1-6-8-10-12-14-16-18-20-22-24-26-28-30-31-32-33-35-37-39-41-43-45-47-49-51-53-60(62)68-59(58-67-69(63,64)66-56-54-61(3,4)5)57-65-55-52-50-48-46-44-42-40-38-36-34-29-27-25-23-21-19-17-15-13-11-9-7-2/h24-27,59H,6-23,28-58H2,1-5H3/b26-24-,27-25-. The molecule has 0 heterocycles. The Hall–Kier alpha value is -1.02. The number of carbonyl (C=O) groups excluding carboxylic acids is 1. The third-order valence-corrected chi connectivity index (χ3v) is 14.4. The van der Waals surface area contributed by atoms with Crippen LogP contribution in [0.1, 0.15) is 296 Å². The Morgan fingerprint density at radius 1 is 0.435 bits per heavy atom. The monoisotopic (exact) mass is 996 g/mol. The first-order valence-corrected chi connectivity index (χ1v) is 31.5. The molecular formula is C60H118NO7P. The van der Waals surface area contributed by atoms with Gasteiger partial charge in [-0.05, 0) is 64.2 Å². The van der Waals surface area contributed by atoms with Gasteiger partial charge in [0.05, 0.1) is 34.4 Å². The molecule has 0 fully saturated rings. The summed E-state index contributed by atoms with van der Waals surface area (Å²) < 4.78 is 34.9. The lowest BCUT2D eigenvalue weighted by molar-refractivity contribution is -0.870. The number of esters is 1. The summed E-state index contributed by atoms with van der Waals surface area (Å²) in [7, 11) is 1.37. The van der Waals surface area contributed by atoms with Gasteiger partial charge in [-0.15, -0.1) is 0 Å². The molecule has 0 aromatic heterocycles. The van der Waals surface area contributed by atoms with E-state index < -0.39 is 13.9 Å². The first kappa shape index (κ1) is 68.0. The number of rotatable bonds is 57. The number of unbranched alkanes of at least 4 members (excludes halogenated alkanes) is 39. The number of hydrogen-bond acceptors (Lipinski definition) is 7. The molecule has 0 aliphatic heterocycles. The zero-order valence-corrected chi connectivity index (χ0v) is 47.7. The fourth-order valence-electron chi connectivity index (χ4n) is 8.83. The maximum Gasteiger partial charge on any atom is 0.306 e. The van der Waals surface area contributed by atoms with E-state index in [1.165, 1.54) is 244 Å². The number of ether oxygens (including phenoxy) is 2. The summed E-state index contributed by atoms with van der Waals surface area (Å²) in [5.41, 5.74) is 0. The van der Waals surface area contributed by atoms with E-state index in [1.54, 1.807) is 0 Å². The Kier molecular flexibility index (Phi) is 52.5. The van der Waals surface area contributed by atoms with Crippen molar-refractivity contribution in [3.8, 4) is 0 Å². The Labute approximate surface area is 430 Å². The normalized spacial score (nSPS) is 13.5. The average Bonchev–Trinajstić information content (AvgIpc) is 3.31. The second kappa shape index (κ2) is 53.3. The molecule has 0 aliphatic rings. The molecule has 0 bridgehead atoms. The number of allylic oxidation sites excluding steroid dienone is 4. The minimum absolute atomic E-state index is 0.0282. The van der Waals surface area contributed by atoms with E-state index in [2.05, 4.69) is 38.2 Å². The predicted molar refractivity (Wildman–Crippen MR) is 296 cm³/mol. The third kappa shape index (κ3) is 57.8. The van der Waals surface area contributed by atoms with Crippen molar-refractivity contribution in [1.82, 2.24) is 0 Å². The van der Waals surface area contributed by atoms with Gasteiger partial charge in [-0.1, -0.05) is 250 Å². The SMILES string of the molecule is CCCCCCCCCC/C=C\CCCCCCCCCCCCCCCC(=O)OC(COCCCCCCCCCCCC/C=C\CCCCCCCCCC)COP(=O)([O-])OCC[N+](C)(C)C. The molecule has 0 radical (unpaired) electrons. The molecule has 0 N–H and O–H groups in total. The Balaban J connectivity index is 4.02. The third-order valence-electron chi connectivity index (χ3n) is 13.5. The van der Waals surface area contributed by atoms with Crippen LogP contribution in [0, 0.1) is 0 Å². The summed E-state index contributed by atoms with van der Waals surface area (Å²) in [6.07, 6.45) is 65.1. The van der Waals surface area contributed by atoms with Crippen molar-refractivity contribution in [1.29, 1.82) is 0 Å². The summed E-state index contributed by atoms with van der Waals surface area (Å²) in [6, 6.07) is 0. The molecule has 0 aromatic rings. The molecule has 0 aromatic carbocycles. The number of quaternary nitrogens is 1. The molecule has 8 nitrogen and oxygen atoms in total. The summed E-state index contributed by atoms with van der Waals surface area (Å²) in [6.45, 7) is 5.48. The van der Waals surface area contributed by atoms with Crippen molar-refractivity contribution in [2.24, 2.45) is 0 Å². The van der Waals surface area contributed by atoms with Crippen LogP contribution < -0.4 is 4.89 Å². The maximum absolute atomic E-state index is 12.8. The molecule has 0 spiro atoms. The van der Waals surface area contributed by atoms with E-state index >= 15 is 0 Å². The molecule has 69 heavy (non-hydrogen) atoms. The van der Waals surface area contributed by atoms with Gasteiger partial charge >= 0.3 is 5.97 Å². The lowest BCUT2D eigenvalue weighted by Gasteiger charge is -2.28. The van der Waals surface area contributed by atoms with Crippen LogP contribution in [-0.2, 0) is 27.9 Å². The number of carbonyl (C=O) groups is 1. The number of hydrogen-bond donors (Lipinski definition) is 0. The molecule has 2 atom stereocenters. The van der Waals surface area contributed by atoms with Gasteiger partial charge in [-0.25, -0.2) is 0 Å². The Morgan fingerprint density at radius 3 is 1.10 bits per heavy atom. The van der Waals surface area contributed by atoms with Crippen LogP contribution in [0.15, 0.2) is 24.3 Å². The second-order valence-corrected chi connectivity index (χ2v) is 23.1. The summed E-state index contributed by atoms with van der Waals surface area (Å²) in [5.74, 6) is -0.328. The van der Waals surface area contributed by atoms with E-state index in [-0.39, 0.29) is 25.8 Å². The van der Waals surface area contributed by atoms with Crippen LogP contribution in [0.5, 0.6) is 0 Å². The van der Waals surface area contributed by atoms with E-state index in [4.69, 9.17) is 18.5 Å². The maximum atomic E-state index is 12.8. The molecule has 0 saturated carbocycles. The van der Waals surface area contributed by atoms with Crippen LogP contribution in [-0.4, -0.2) is 70.7 Å². The van der Waals surface area contributed by atoms with Crippen molar-refractivity contribution in [3.63, 3.8) is 0 Å². The highest BCUT2D eigenvalue weighted by atomic mass is 31.2. The Bertz CT molecular complexity index is 1160. The number of phosphoric acid groups is 1. The van der Waals surface area contributed by atoms with Crippen LogP contribution in [0.4, 0.5) is 0 Å². The van der Waals surface area contributed by atoms with Gasteiger partial charge in [0.2, 0.25) is 0 Å². The predicted octanol–water partition coefficient (Wildman–Crippen LogP) is 18.4. The zero-order valence-electron chi connectivity index (χ0n) is 46.8. The molecule has 9 heteroatoms. The quantitative estimate of drug-likeness (QED) is 0.0197. The lowest BCUT2D eigenvalue weighted by atomic mass is 10.0. The Morgan fingerprint density at radius 2 is 0.754 bits per heavy atom. The van der Waals surface area contributed by atoms with Gasteiger partial charge in [0.1, 0.15) is 19.3 Å². The largest absolute Gasteiger partial charge is 0.756 e. The molecule has 2 unspecified atom stereocenters. The number of nitrogens with zero attached hydrogens (tertiary/aromatic N) is 1. The number of likely N-dealkylation sites (N-methyl/N-ethyl adjacent to an activating group) is 1.